The summed E-state index contributed by atoms with van der Waals surface area (Å²) in [5.74, 6) is -2.48. The molecule has 3 rings (SSSR count). The molecule has 0 aliphatic rings. The van der Waals surface area contributed by atoms with E-state index < -0.39 is 17.3 Å². The summed E-state index contributed by atoms with van der Waals surface area (Å²) in [5.41, 5.74) is 0.590. The minimum atomic E-state index is -1.34. The van der Waals surface area contributed by atoms with E-state index in [1.54, 1.807) is 18.3 Å². The molecule has 0 aliphatic heterocycles. The predicted octanol–water partition coefficient (Wildman–Crippen LogP) is 4.45. The number of nitrogens with zero attached hydrogens (tertiary/aromatic N) is 1. The molecule has 0 radical (unpaired) electrons. The van der Waals surface area contributed by atoms with E-state index in [-0.39, 0.29) is 11.4 Å². The molecular formula is C16H9F2NO2S. The fourth-order valence-corrected chi connectivity index (χ4v) is 3.02. The molecule has 6 heteroatoms. The topological polar surface area (TPSA) is 50.2 Å². The Kier molecular flexibility index (Phi) is 3.68. The monoisotopic (exact) mass is 317 g/mol. The van der Waals surface area contributed by atoms with Crippen LogP contribution in [0.25, 0.3) is 21.0 Å². The van der Waals surface area contributed by atoms with E-state index in [4.69, 9.17) is 5.11 Å². The molecule has 1 N–H and O–H groups in total. The van der Waals surface area contributed by atoms with Crippen molar-refractivity contribution in [3.05, 3.63) is 65.9 Å². The third-order valence-electron chi connectivity index (χ3n) is 3.09. The number of halogens is 2. The number of hydrogen-bond acceptors (Lipinski definition) is 3. The van der Waals surface area contributed by atoms with E-state index in [2.05, 4.69) is 4.98 Å². The number of rotatable bonds is 3. The van der Waals surface area contributed by atoms with Crippen molar-refractivity contribution in [2.24, 2.45) is 0 Å². The van der Waals surface area contributed by atoms with Gasteiger partial charge in [-0.25, -0.2) is 18.6 Å². The van der Waals surface area contributed by atoms with Crippen LogP contribution in [-0.4, -0.2) is 16.1 Å². The Labute approximate surface area is 128 Å². The lowest BCUT2D eigenvalue weighted by atomic mass is 10.1. The lowest BCUT2D eigenvalue weighted by molar-refractivity contribution is 0.0693. The summed E-state index contributed by atoms with van der Waals surface area (Å²) in [7, 11) is 0. The molecule has 3 aromatic rings. The van der Waals surface area contributed by atoms with E-state index in [9.17, 15) is 13.6 Å². The van der Waals surface area contributed by atoms with Crippen LogP contribution in [0.4, 0.5) is 8.78 Å². The molecule has 0 aliphatic carbocycles. The normalized spacial score (nSPS) is 10.6. The van der Waals surface area contributed by atoms with Crippen molar-refractivity contribution in [2.75, 3.05) is 0 Å². The van der Waals surface area contributed by atoms with Crippen LogP contribution in [0, 0.1) is 11.6 Å². The number of carboxylic acid groups (broad SMARTS) is 1. The number of carbonyl (C=O) groups is 1. The van der Waals surface area contributed by atoms with Gasteiger partial charge in [0.1, 0.15) is 22.2 Å². The second-order valence-electron chi connectivity index (χ2n) is 4.50. The summed E-state index contributed by atoms with van der Waals surface area (Å²) < 4.78 is 26.7. The number of carboxylic acids is 1. The first-order chi connectivity index (χ1) is 10.6. The van der Waals surface area contributed by atoms with Gasteiger partial charge in [0.15, 0.2) is 0 Å². The Bertz CT molecular complexity index is 844. The molecule has 110 valence electrons. The van der Waals surface area contributed by atoms with Crippen molar-refractivity contribution in [2.45, 2.75) is 0 Å². The van der Waals surface area contributed by atoms with Gasteiger partial charge in [-0.1, -0.05) is 24.3 Å². The molecule has 1 heterocycles. The van der Waals surface area contributed by atoms with Crippen LogP contribution in [0.1, 0.15) is 10.4 Å². The largest absolute Gasteiger partial charge is 0.478 e. The van der Waals surface area contributed by atoms with Crippen LogP contribution >= 0.6 is 11.3 Å². The van der Waals surface area contributed by atoms with Gasteiger partial charge in [-0.3, -0.25) is 0 Å². The van der Waals surface area contributed by atoms with Gasteiger partial charge in [-0.05, 0) is 23.8 Å². The summed E-state index contributed by atoms with van der Waals surface area (Å²) >= 11 is 1.22. The van der Waals surface area contributed by atoms with Gasteiger partial charge in [0.25, 0.3) is 0 Å². The Hall–Kier alpha value is -2.60. The van der Waals surface area contributed by atoms with E-state index >= 15 is 0 Å². The molecule has 0 saturated carbocycles. The van der Waals surface area contributed by atoms with Crippen molar-refractivity contribution in [1.82, 2.24) is 4.98 Å². The second-order valence-corrected chi connectivity index (χ2v) is 5.53. The van der Waals surface area contributed by atoms with Crippen LogP contribution in [0.2, 0.25) is 0 Å². The van der Waals surface area contributed by atoms with Crippen molar-refractivity contribution < 1.29 is 18.7 Å². The van der Waals surface area contributed by atoms with Gasteiger partial charge >= 0.3 is 5.97 Å². The lowest BCUT2D eigenvalue weighted by Gasteiger charge is -2.03. The minimum absolute atomic E-state index is 0.228. The molecule has 0 fully saturated rings. The fraction of sp³-hybridized carbons (Fsp3) is 0. The van der Waals surface area contributed by atoms with Gasteiger partial charge in [0.2, 0.25) is 0 Å². The van der Waals surface area contributed by atoms with Crippen molar-refractivity contribution in [3.63, 3.8) is 0 Å². The van der Waals surface area contributed by atoms with Crippen molar-refractivity contribution in [3.8, 4) is 21.0 Å². The van der Waals surface area contributed by atoms with Crippen LogP contribution in [0.3, 0.4) is 0 Å². The molecule has 0 spiro atoms. The average molecular weight is 317 g/mol. The smallest absolute Gasteiger partial charge is 0.339 e. The van der Waals surface area contributed by atoms with Crippen molar-refractivity contribution >= 4 is 17.3 Å². The first-order valence-corrected chi connectivity index (χ1v) is 7.12. The number of thiazole rings is 1. The first-order valence-electron chi connectivity index (χ1n) is 6.30. The lowest BCUT2D eigenvalue weighted by Crippen LogP contribution is -2.03. The number of aromatic carboxylic acids is 1. The highest BCUT2D eigenvalue weighted by Gasteiger charge is 2.19. The maximum atomic E-state index is 13.7. The van der Waals surface area contributed by atoms with Crippen molar-refractivity contribution in [1.29, 1.82) is 0 Å². The summed E-state index contributed by atoms with van der Waals surface area (Å²) in [6.45, 7) is 0. The second kappa shape index (κ2) is 5.65. The number of hydrogen-bond donors (Lipinski definition) is 1. The Balaban J connectivity index is 2.07. The van der Waals surface area contributed by atoms with E-state index in [0.29, 0.717) is 5.01 Å². The third kappa shape index (κ3) is 2.60. The molecule has 0 unspecified atom stereocenters. The molecule has 3 nitrogen and oxygen atoms in total. The average Bonchev–Trinajstić information content (AvgIpc) is 2.97. The molecule has 1 aromatic heterocycles. The molecule has 2 aromatic carbocycles. The quantitative estimate of drug-likeness (QED) is 0.776. The summed E-state index contributed by atoms with van der Waals surface area (Å²) in [4.78, 5) is 16.1. The summed E-state index contributed by atoms with van der Waals surface area (Å²) in [6.07, 6.45) is 1.56. The first kappa shape index (κ1) is 14.3. The highest BCUT2D eigenvalue weighted by atomic mass is 32.1. The molecule has 22 heavy (non-hydrogen) atoms. The fourth-order valence-electron chi connectivity index (χ4n) is 2.07. The maximum absolute atomic E-state index is 13.7. The zero-order valence-electron chi connectivity index (χ0n) is 11.1. The van der Waals surface area contributed by atoms with Gasteiger partial charge in [0.05, 0.1) is 4.88 Å². The molecule has 0 saturated heterocycles. The van der Waals surface area contributed by atoms with Crippen LogP contribution in [0.5, 0.6) is 0 Å². The maximum Gasteiger partial charge on any atom is 0.339 e. The highest BCUT2D eigenvalue weighted by Crippen LogP contribution is 2.34. The zero-order chi connectivity index (χ0) is 15.7. The van der Waals surface area contributed by atoms with E-state index in [0.717, 1.165) is 16.5 Å². The van der Waals surface area contributed by atoms with Gasteiger partial charge in [-0.15, -0.1) is 11.3 Å². The number of benzene rings is 2. The third-order valence-corrected chi connectivity index (χ3v) is 4.17. The zero-order valence-corrected chi connectivity index (χ0v) is 11.9. The highest BCUT2D eigenvalue weighted by molar-refractivity contribution is 7.18. The van der Waals surface area contributed by atoms with E-state index in [1.165, 1.54) is 35.6 Å². The van der Waals surface area contributed by atoms with E-state index in [1.807, 2.05) is 0 Å². The molecule has 0 amide bonds. The van der Waals surface area contributed by atoms with Gasteiger partial charge < -0.3 is 5.11 Å². The van der Waals surface area contributed by atoms with Crippen LogP contribution < -0.4 is 0 Å². The Morgan fingerprint density at radius 2 is 1.82 bits per heavy atom. The molecule has 0 bridgehead atoms. The van der Waals surface area contributed by atoms with Crippen LogP contribution in [-0.2, 0) is 0 Å². The van der Waals surface area contributed by atoms with Gasteiger partial charge in [0, 0.05) is 11.8 Å². The Morgan fingerprint density at radius 1 is 1.09 bits per heavy atom. The van der Waals surface area contributed by atoms with Crippen LogP contribution in [0.15, 0.2) is 48.7 Å². The Morgan fingerprint density at radius 3 is 2.50 bits per heavy atom. The SMILES string of the molecule is O=C(O)c1c(F)cccc1-c1ncc(-c2ccc(F)cc2)s1. The molecular weight excluding hydrogens is 308 g/mol. The molecule has 0 atom stereocenters. The predicted molar refractivity (Wildman–Crippen MR) is 79.9 cm³/mol. The summed E-state index contributed by atoms with van der Waals surface area (Å²) in [6, 6.07) is 9.93. The standard InChI is InChI=1S/C16H9F2NO2S/c17-10-6-4-9(5-7-10)13-8-19-15(22-13)11-2-1-3-12(18)14(11)16(20)21/h1-8H,(H,20,21). The summed E-state index contributed by atoms with van der Waals surface area (Å²) in [5, 5.41) is 9.56. The van der Waals surface area contributed by atoms with Gasteiger partial charge in [-0.2, -0.15) is 0 Å². The number of aromatic nitrogens is 1. The minimum Gasteiger partial charge on any atom is -0.478 e.